The van der Waals surface area contributed by atoms with Gasteiger partial charge in [-0.2, -0.15) is 5.26 Å². The summed E-state index contributed by atoms with van der Waals surface area (Å²) in [5.41, 5.74) is 9.02. The second-order valence-corrected chi connectivity index (χ2v) is 7.57. The molecule has 4 N–H and O–H groups in total. The number of amidine groups is 1. The summed E-state index contributed by atoms with van der Waals surface area (Å²) < 4.78 is 13.6. The minimum absolute atomic E-state index is 0.172. The number of halogens is 1. The van der Waals surface area contributed by atoms with Crippen molar-refractivity contribution < 1.29 is 14.0 Å². The maximum absolute atomic E-state index is 13.6. The zero-order chi connectivity index (χ0) is 23.3. The number of benzene rings is 2. The van der Waals surface area contributed by atoms with E-state index in [4.69, 9.17) is 11.0 Å². The van der Waals surface area contributed by atoms with Crippen LogP contribution in [0.2, 0.25) is 0 Å². The molecule has 1 heterocycles. The summed E-state index contributed by atoms with van der Waals surface area (Å²) in [5.74, 6) is -1.75. The van der Waals surface area contributed by atoms with Gasteiger partial charge in [0.15, 0.2) is 0 Å². The molecule has 2 aromatic carbocycles. The maximum Gasteiger partial charge on any atom is 0.251 e. The fraction of sp³-hybridized carbons (Fsp3) is 0.250. The van der Waals surface area contributed by atoms with Gasteiger partial charge in [0.05, 0.1) is 19.0 Å². The number of amides is 2. The predicted molar refractivity (Wildman–Crippen MR) is 119 cm³/mol. The van der Waals surface area contributed by atoms with E-state index in [0.29, 0.717) is 22.4 Å². The molecule has 1 fully saturated rings. The molecule has 0 bridgehead atoms. The number of nitrogens with one attached hydrogen (secondary N) is 2. The molecular formula is C24H24FN5O2. The highest BCUT2D eigenvalue weighted by atomic mass is 19.1. The normalized spacial score (nSPS) is 20.9. The monoisotopic (exact) mass is 433 g/mol. The Morgan fingerprint density at radius 2 is 2.00 bits per heavy atom. The van der Waals surface area contributed by atoms with E-state index in [1.807, 2.05) is 19.1 Å². The summed E-state index contributed by atoms with van der Waals surface area (Å²) in [4.78, 5) is 30.4. The third-order valence-electron chi connectivity index (χ3n) is 5.14. The Bertz CT molecular complexity index is 1130. The second-order valence-electron chi connectivity index (χ2n) is 7.57. The molecule has 0 saturated carbocycles. The Hall–Kier alpha value is -3.99. The number of aliphatic imine (C=N–C) groups is 1. The minimum Gasteiger partial charge on any atom is -0.402 e. The Balaban J connectivity index is 2.06. The van der Waals surface area contributed by atoms with Crippen LogP contribution in [0.5, 0.6) is 0 Å². The highest BCUT2D eigenvalue weighted by Crippen LogP contribution is 2.33. The van der Waals surface area contributed by atoms with E-state index in [-0.39, 0.29) is 18.8 Å². The van der Waals surface area contributed by atoms with E-state index in [1.54, 1.807) is 37.3 Å². The van der Waals surface area contributed by atoms with E-state index in [2.05, 4.69) is 15.6 Å². The van der Waals surface area contributed by atoms with Gasteiger partial charge in [-0.25, -0.2) is 4.39 Å². The Morgan fingerprint density at radius 1 is 1.28 bits per heavy atom. The van der Waals surface area contributed by atoms with Crippen LogP contribution < -0.4 is 16.4 Å². The molecule has 164 valence electrons. The van der Waals surface area contributed by atoms with Gasteiger partial charge in [-0.15, -0.1) is 0 Å². The van der Waals surface area contributed by atoms with Crippen LogP contribution in [0.1, 0.15) is 40.7 Å². The van der Waals surface area contributed by atoms with Crippen molar-refractivity contribution in [3.63, 3.8) is 0 Å². The third kappa shape index (κ3) is 5.01. The molecule has 1 saturated heterocycles. The van der Waals surface area contributed by atoms with Crippen molar-refractivity contribution in [3.05, 3.63) is 82.3 Å². The average molecular weight is 433 g/mol. The molecule has 7 nitrogen and oxygen atoms in total. The lowest BCUT2D eigenvalue weighted by Crippen LogP contribution is -2.57. The number of hydrogen-bond donors (Lipinski definition) is 3. The standard InChI is InChI=1S/C24H24FN5O2/c1-14-5-3-6-17(13-14)23(31)29-21-20(16-7-9-18(25)10-8-16)19(15(2)27)22(30-24(21)32)28-12-4-11-26/h3,5-10,13,20-21H,4,12,27H2,1-2H3,(H,29,31)(H,28,30,32)/t20-,21?/m0/s1. The van der Waals surface area contributed by atoms with Crippen LogP contribution in [0, 0.1) is 24.1 Å². The van der Waals surface area contributed by atoms with Crippen molar-refractivity contribution in [2.24, 2.45) is 10.7 Å². The zero-order valence-corrected chi connectivity index (χ0v) is 17.9. The SMILES string of the molecule is CC(N)=C1C(=NCCC#N)NC(=O)C(NC(=O)c2cccc(C)c2)[C@H]1c1ccc(F)cc1. The van der Waals surface area contributed by atoms with Gasteiger partial charge in [0.1, 0.15) is 17.7 Å². The Morgan fingerprint density at radius 3 is 2.62 bits per heavy atom. The predicted octanol–water partition coefficient (Wildman–Crippen LogP) is 2.69. The van der Waals surface area contributed by atoms with Gasteiger partial charge in [-0.3, -0.25) is 14.6 Å². The largest absolute Gasteiger partial charge is 0.402 e. The number of hydrogen-bond acceptors (Lipinski definition) is 5. The summed E-state index contributed by atoms with van der Waals surface area (Å²) in [7, 11) is 0. The van der Waals surface area contributed by atoms with Crippen LogP contribution in [0.4, 0.5) is 4.39 Å². The number of nitrogens with zero attached hydrogens (tertiary/aromatic N) is 2. The summed E-state index contributed by atoms with van der Waals surface area (Å²) >= 11 is 0. The molecule has 0 spiro atoms. The molecule has 0 radical (unpaired) electrons. The van der Waals surface area contributed by atoms with Crippen molar-refractivity contribution in [2.45, 2.75) is 32.2 Å². The Kier molecular flexibility index (Phi) is 7.00. The lowest BCUT2D eigenvalue weighted by Gasteiger charge is -2.35. The van der Waals surface area contributed by atoms with Gasteiger partial charge in [0.2, 0.25) is 5.91 Å². The van der Waals surface area contributed by atoms with E-state index < -0.39 is 29.6 Å². The van der Waals surface area contributed by atoms with Crippen molar-refractivity contribution in [3.8, 4) is 6.07 Å². The quantitative estimate of drug-likeness (QED) is 0.628. The summed E-state index contributed by atoms with van der Waals surface area (Å²) in [5, 5.41) is 14.3. The van der Waals surface area contributed by atoms with E-state index >= 15 is 0 Å². The molecule has 1 aliphatic heterocycles. The van der Waals surface area contributed by atoms with Gasteiger partial charge in [0.25, 0.3) is 5.91 Å². The third-order valence-corrected chi connectivity index (χ3v) is 5.14. The number of rotatable bonds is 5. The molecule has 2 amide bonds. The molecule has 2 atom stereocenters. The topological polar surface area (TPSA) is 120 Å². The van der Waals surface area contributed by atoms with Gasteiger partial charge in [0, 0.05) is 22.8 Å². The minimum atomic E-state index is -1.00. The van der Waals surface area contributed by atoms with Crippen LogP contribution in [0.25, 0.3) is 0 Å². The molecule has 0 aromatic heterocycles. The highest BCUT2D eigenvalue weighted by Gasteiger charge is 2.41. The van der Waals surface area contributed by atoms with Crippen LogP contribution in [0.15, 0.2) is 64.8 Å². The molecule has 1 unspecified atom stereocenters. The molecule has 3 rings (SSSR count). The zero-order valence-electron chi connectivity index (χ0n) is 17.9. The van der Waals surface area contributed by atoms with Gasteiger partial charge >= 0.3 is 0 Å². The fourth-order valence-corrected chi connectivity index (χ4v) is 3.69. The van der Waals surface area contributed by atoms with Crippen LogP contribution in [-0.4, -0.2) is 30.2 Å². The molecule has 8 heteroatoms. The number of nitriles is 1. The number of nitrogens with two attached hydrogens (primary N) is 1. The summed E-state index contributed by atoms with van der Waals surface area (Å²) in [6, 6.07) is 13.7. The first-order chi connectivity index (χ1) is 15.3. The van der Waals surface area contributed by atoms with Crippen molar-refractivity contribution in [1.29, 1.82) is 5.26 Å². The van der Waals surface area contributed by atoms with Crippen LogP contribution in [0.3, 0.4) is 0 Å². The van der Waals surface area contributed by atoms with Crippen LogP contribution >= 0.6 is 0 Å². The Labute approximate surface area is 185 Å². The lowest BCUT2D eigenvalue weighted by atomic mass is 9.79. The van der Waals surface area contributed by atoms with Gasteiger partial charge in [-0.05, 0) is 43.7 Å². The van der Waals surface area contributed by atoms with Crippen molar-refractivity contribution >= 4 is 17.6 Å². The first-order valence-electron chi connectivity index (χ1n) is 10.1. The number of aryl methyl sites for hydroxylation is 1. The first kappa shape index (κ1) is 22.7. The molecule has 0 aliphatic carbocycles. The number of carbonyl (C=O) groups excluding carboxylic acids is 2. The number of allylic oxidation sites excluding steroid dienone is 1. The molecule has 2 aromatic rings. The van der Waals surface area contributed by atoms with E-state index in [0.717, 1.165) is 5.56 Å². The van der Waals surface area contributed by atoms with E-state index in [1.165, 1.54) is 12.1 Å². The second kappa shape index (κ2) is 9.88. The van der Waals surface area contributed by atoms with Crippen molar-refractivity contribution in [1.82, 2.24) is 10.6 Å². The summed E-state index contributed by atoms with van der Waals surface area (Å²) in [6.45, 7) is 3.72. The number of piperidine rings is 1. The van der Waals surface area contributed by atoms with Crippen LogP contribution in [-0.2, 0) is 4.79 Å². The molecule has 32 heavy (non-hydrogen) atoms. The maximum atomic E-state index is 13.6. The average Bonchev–Trinajstić information content (AvgIpc) is 2.75. The lowest BCUT2D eigenvalue weighted by molar-refractivity contribution is -0.122. The van der Waals surface area contributed by atoms with Crippen molar-refractivity contribution in [2.75, 3.05) is 6.54 Å². The van der Waals surface area contributed by atoms with E-state index in [9.17, 15) is 14.0 Å². The molecule has 1 aliphatic rings. The first-order valence-corrected chi connectivity index (χ1v) is 10.1. The summed E-state index contributed by atoms with van der Waals surface area (Å²) in [6.07, 6.45) is 0.172. The molecular weight excluding hydrogens is 409 g/mol. The van der Waals surface area contributed by atoms with Gasteiger partial charge in [-0.1, -0.05) is 29.8 Å². The smallest absolute Gasteiger partial charge is 0.251 e. The highest BCUT2D eigenvalue weighted by molar-refractivity contribution is 6.15. The number of carbonyl (C=O) groups is 2. The fourth-order valence-electron chi connectivity index (χ4n) is 3.69. The van der Waals surface area contributed by atoms with Gasteiger partial charge < -0.3 is 16.4 Å².